The van der Waals surface area contributed by atoms with Crippen LogP contribution in [0, 0.1) is 6.92 Å². The third kappa shape index (κ3) is 6.93. The number of ether oxygens (including phenoxy) is 2. The van der Waals surface area contributed by atoms with Gasteiger partial charge in [0, 0.05) is 6.92 Å². The number of benzene rings is 1. The Labute approximate surface area is 241 Å². The number of anilines is 1. The van der Waals surface area contributed by atoms with Crippen LogP contribution < -0.4 is 14.9 Å². The van der Waals surface area contributed by atoms with Gasteiger partial charge in [0.15, 0.2) is 28.9 Å². The molecule has 0 saturated carbocycles. The molecule has 0 radical (unpaired) electrons. The highest BCUT2D eigenvalue weighted by Crippen LogP contribution is 2.48. The van der Waals surface area contributed by atoms with Crippen LogP contribution in [0.25, 0.3) is 11.2 Å². The fourth-order valence-electron chi connectivity index (χ4n) is 4.31. The molecular formula is C26H34FN6O8P. The van der Waals surface area contributed by atoms with E-state index in [4.69, 9.17) is 18.5 Å². The van der Waals surface area contributed by atoms with E-state index < -0.39 is 56.6 Å². The number of aliphatic hydroxyl groups is 1. The van der Waals surface area contributed by atoms with Crippen LogP contribution >= 0.6 is 7.75 Å². The number of carbonyl (C=O) groups excluding carboxylic acids is 2. The molecule has 0 spiro atoms. The summed E-state index contributed by atoms with van der Waals surface area (Å²) >= 11 is 0. The number of hydrogen-bond donors (Lipinski definition) is 3. The normalized spacial score (nSPS) is 24.4. The second-order valence-corrected chi connectivity index (χ2v) is 12.0. The van der Waals surface area contributed by atoms with Crippen molar-refractivity contribution in [3.8, 4) is 5.75 Å². The van der Waals surface area contributed by atoms with Gasteiger partial charge in [-0.25, -0.2) is 23.9 Å². The lowest BCUT2D eigenvalue weighted by molar-refractivity contribution is -0.149. The van der Waals surface area contributed by atoms with Crippen molar-refractivity contribution >= 4 is 36.6 Å². The number of aliphatic hydroxyl groups excluding tert-OH is 1. The highest BCUT2D eigenvalue weighted by atomic mass is 31.2. The summed E-state index contributed by atoms with van der Waals surface area (Å²) in [4.78, 5) is 36.8. The van der Waals surface area contributed by atoms with Crippen molar-refractivity contribution in [3.63, 3.8) is 0 Å². The molecule has 2 aromatic heterocycles. The number of nitrogens with zero attached hydrogens (tertiary/aromatic N) is 4. The first-order valence-corrected chi connectivity index (χ1v) is 14.7. The molecule has 16 heteroatoms. The van der Waals surface area contributed by atoms with E-state index in [1.165, 1.54) is 36.9 Å². The molecule has 0 bridgehead atoms. The number of para-hydroxylation sites is 1. The number of aromatic nitrogens is 4. The van der Waals surface area contributed by atoms with Crippen LogP contribution in [0.1, 0.15) is 46.7 Å². The Kier molecular flexibility index (Phi) is 9.28. The first-order valence-electron chi connectivity index (χ1n) is 13.2. The summed E-state index contributed by atoms with van der Waals surface area (Å²) in [6.07, 6.45) is -3.66. The molecule has 3 heterocycles. The van der Waals surface area contributed by atoms with Crippen LogP contribution in [0.5, 0.6) is 5.75 Å². The Balaban J connectivity index is 1.57. The summed E-state index contributed by atoms with van der Waals surface area (Å²) in [5.74, 6) is -0.484. The summed E-state index contributed by atoms with van der Waals surface area (Å²) in [6.45, 7) is 8.21. The van der Waals surface area contributed by atoms with E-state index in [-0.39, 0.29) is 34.5 Å². The van der Waals surface area contributed by atoms with Gasteiger partial charge in [0.1, 0.15) is 29.8 Å². The van der Waals surface area contributed by atoms with Gasteiger partial charge >= 0.3 is 13.7 Å². The van der Waals surface area contributed by atoms with E-state index in [1.807, 2.05) is 0 Å². The first-order chi connectivity index (χ1) is 19.7. The molecule has 42 heavy (non-hydrogen) atoms. The number of aryl methyl sites for hydroxylation is 1. The van der Waals surface area contributed by atoms with Gasteiger partial charge in [-0.1, -0.05) is 18.2 Å². The number of imidazole rings is 1. The number of amides is 1. The molecule has 1 aliphatic heterocycles. The van der Waals surface area contributed by atoms with Crippen LogP contribution in [-0.4, -0.2) is 73.1 Å². The number of hydrogen-bond acceptors (Lipinski definition) is 11. The Morgan fingerprint density at radius 2 is 1.93 bits per heavy atom. The highest BCUT2D eigenvalue weighted by Gasteiger charge is 2.56. The Bertz CT molecular complexity index is 1490. The van der Waals surface area contributed by atoms with Gasteiger partial charge < -0.3 is 24.4 Å². The highest BCUT2D eigenvalue weighted by molar-refractivity contribution is 7.52. The summed E-state index contributed by atoms with van der Waals surface area (Å²) < 4.78 is 53.4. The topological polar surface area (TPSA) is 176 Å². The molecular weight excluding hydrogens is 574 g/mol. The fraction of sp³-hybridized carbons (Fsp3) is 0.500. The minimum Gasteiger partial charge on any atom is -0.462 e. The first kappa shape index (κ1) is 31.4. The molecule has 228 valence electrons. The SMILES string of the molecule is CC(=O)Nc1nc(C)nc2c1ncn2[C@@H]1O[C@H](CO[P@](=O)(N[C@@H](C)C(=O)OC(C)C)Oc2ccccc2)[C@@H](O)[C@@]1(C)F. The van der Waals surface area contributed by atoms with Gasteiger partial charge in [0.25, 0.3) is 0 Å². The van der Waals surface area contributed by atoms with Gasteiger partial charge in [0.2, 0.25) is 5.91 Å². The van der Waals surface area contributed by atoms with Gasteiger partial charge in [-0.3, -0.25) is 18.7 Å². The number of halogens is 1. The molecule has 1 aliphatic rings. The largest absolute Gasteiger partial charge is 0.462 e. The number of alkyl halides is 1. The van der Waals surface area contributed by atoms with Crippen LogP contribution in [0.4, 0.5) is 10.2 Å². The van der Waals surface area contributed by atoms with Crippen molar-refractivity contribution in [1.29, 1.82) is 0 Å². The third-order valence-electron chi connectivity index (χ3n) is 6.23. The molecule has 14 nitrogen and oxygen atoms in total. The molecule has 3 aromatic rings. The molecule has 6 atom stereocenters. The molecule has 1 amide bonds. The predicted molar refractivity (Wildman–Crippen MR) is 148 cm³/mol. The number of esters is 1. The van der Waals surface area contributed by atoms with Gasteiger partial charge in [-0.2, -0.15) is 5.09 Å². The minimum absolute atomic E-state index is 0.137. The third-order valence-corrected chi connectivity index (χ3v) is 7.88. The number of nitrogens with one attached hydrogen (secondary N) is 2. The molecule has 1 aromatic carbocycles. The fourth-order valence-corrected chi connectivity index (χ4v) is 5.81. The summed E-state index contributed by atoms with van der Waals surface area (Å²) in [5.41, 5.74) is -2.04. The van der Waals surface area contributed by atoms with Crippen LogP contribution in [-0.2, 0) is 28.2 Å². The van der Waals surface area contributed by atoms with Crippen LogP contribution in [0.2, 0.25) is 0 Å². The lowest BCUT2D eigenvalue weighted by atomic mass is 9.98. The molecule has 0 unspecified atom stereocenters. The number of rotatable bonds is 11. The van der Waals surface area contributed by atoms with Crippen molar-refractivity contribution in [2.75, 3.05) is 11.9 Å². The molecule has 1 fully saturated rings. The quantitative estimate of drug-likeness (QED) is 0.214. The second-order valence-electron chi connectivity index (χ2n) is 10.3. The predicted octanol–water partition coefficient (Wildman–Crippen LogP) is 3.21. The van der Waals surface area contributed by atoms with Crippen molar-refractivity contribution in [2.45, 2.75) is 77.8 Å². The van der Waals surface area contributed by atoms with E-state index >= 15 is 4.39 Å². The lowest BCUT2D eigenvalue weighted by Crippen LogP contribution is -2.41. The van der Waals surface area contributed by atoms with Crippen molar-refractivity contribution in [2.24, 2.45) is 0 Å². The Hall–Kier alpha value is -3.49. The molecule has 3 N–H and O–H groups in total. The minimum atomic E-state index is -4.31. The summed E-state index contributed by atoms with van der Waals surface area (Å²) in [5, 5.41) is 16.0. The maximum atomic E-state index is 16.1. The van der Waals surface area contributed by atoms with Gasteiger partial charge in [0.05, 0.1) is 19.0 Å². The lowest BCUT2D eigenvalue weighted by Gasteiger charge is -2.25. The summed E-state index contributed by atoms with van der Waals surface area (Å²) in [7, 11) is -4.31. The smallest absolute Gasteiger partial charge is 0.459 e. The number of carbonyl (C=O) groups is 2. The zero-order valence-electron chi connectivity index (χ0n) is 24.0. The van der Waals surface area contributed by atoms with Crippen molar-refractivity contribution < 1.29 is 42.2 Å². The monoisotopic (exact) mass is 608 g/mol. The Morgan fingerprint density at radius 3 is 2.57 bits per heavy atom. The summed E-state index contributed by atoms with van der Waals surface area (Å²) in [6, 6.07) is 6.99. The van der Waals surface area contributed by atoms with E-state index in [9.17, 15) is 19.3 Å². The number of fused-ring (bicyclic) bond motifs is 1. The zero-order valence-corrected chi connectivity index (χ0v) is 24.9. The average Bonchev–Trinajstić information content (AvgIpc) is 3.40. The van der Waals surface area contributed by atoms with Crippen molar-refractivity contribution in [1.82, 2.24) is 24.6 Å². The maximum Gasteiger partial charge on any atom is 0.459 e. The van der Waals surface area contributed by atoms with Crippen molar-refractivity contribution in [3.05, 3.63) is 42.5 Å². The second kappa shape index (κ2) is 12.4. The van der Waals surface area contributed by atoms with E-state index in [1.54, 1.807) is 39.0 Å². The Morgan fingerprint density at radius 1 is 1.24 bits per heavy atom. The van der Waals surface area contributed by atoms with E-state index in [0.29, 0.717) is 0 Å². The van der Waals surface area contributed by atoms with Gasteiger partial charge in [-0.15, -0.1) is 0 Å². The van der Waals surface area contributed by atoms with Crippen LogP contribution in [0.3, 0.4) is 0 Å². The zero-order chi connectivity index (χ0) is 30.8. The standard InChI is InChI=1S/C26H34FN6O8P/c1-14(2)39-24(36)15(3)32-42(37,41-18-10-8-7-9-11-18)38-12-19-21(35)26(6,27)25(40-19)33-13-28-20-22(31-17(5)34)29-16(4)30-23(20)33/h7-11,13-15,19,21,25,35H,12H2,1-6H3,(H,32,37)(H,29,30,31,34)/t15-,19+,21+,25+,26+,42+/m0/s1. The molecule has 1 saturated heterocycles. The van der Waals surface area contributed by atoms with E-state index in [0.717, 1.165) is 6.92 Å². The van der Waals surface area contributed by atoms with Crippen LogP contribution in [0.15, 0.2) is 36.7 Å². The van der Waals surface area contributed by atoms with E-state index in [2.05, 4.69) is 25.4 Å². The maximum absolute atomic E-state index is 16.1. The average molecular weight is 609 g/mol. The van der Waals surface area contributed by atoms with Gasteiger partial charge in [-0.05, 0) is 46.8 Å². The molecule has 0 aliphatic carbocycles. The molecule has 4 rings (SSSR count).